The van der Waals surface area contributed by atoms with E-state index in [1.54, 1.807) is 0 Å². The maximum absolute atomic E-state index is 13.0. The van der Waals surface area contributed by atoms with Crippen molar-refractivity contribution in [3.8, 4) is 0 Å². The van der Waals surface area contributed by atoms with Gasteiger partial charge in [0.15, 0.2) is 0 Å². The lowest BCUT2D eigenvalue weighted by Crippen LogP contribution is -2.44. The van der Waals surface area contributed by atoms with E-state index in [2.05, 4.69) is 12.1 Å². The van der Waals surface area contributed by atoms with Gasteiger partial charge in [-0.2, -0.15) is 0 Å². The summed E-state index contributed by atoms with van der Waals surface area (Å²) in [5.74, 6) is -1.88. The third-order valence-electron chi connectivity index (χ3n) is 5.34. The van der Waals surface area contributed by atoms with Crippen molar-refractivity contribution in [2.45, 2.75) is 39.7 Å². The van der Waals surface area contributed by atoms with Crippen LogP contribution in [-0.2, 0) is 22.6 Å². The van der Waals surface area contributed by atoms with Gasteiger partial charge in [-0.1, -0.05) is 35.4 Å². The Morgan fingerprint density at radius 1 is 1.04 bits per heavy atom. The van der Waals surface area contributed by atoms with Crippen LogP contribution in [0, 0.1) is 11.8 Å². The van der Waals surface area contributed by atoms with E-state index in [1.807, 2.05) is 30.9 Å². The molecule has 1 amide bonds. The number of carboxylic acids is 1. The first-order valence-electron chi connectivity index (χ1n) is 8.21. The highest BCUT2D eigenvalue weighted by atomic mass is 16.4. The van der Waals surface area contributed by atoms with Crippen molar-refractivity contribution in [2.75, 3.05) is 6.54 Å². The van der Waals surface area contributed by atoms with Crippen LogP contribution in [0.3, 0.4) is 0 Å². The van der Waals surface area contributed by atoms with Crippen LogP contribution in [0.15, 0.2) is 35.4 Å². The number of hydrogen-bond donors (Lipinski definition) is 1. The van der Waals surface area contributed by atoms with Crippen LogP contribution in [0.25, 0.3) is 0 Å². The monoisotopic (exact) mass is 313 g/mol. The van der Waals surface area contributed by atoms with Crippen molar-refractivity contribution in [1.29, 1.82) is 0 Å². The molecule has 122 valence electrons. The number of amides is 1. The number of nitrogens with zero attached hydrogens (tertiary/aromatic N) is 1. The lowest BCUT2D eigenvalue weighted by molar-refractivity contribution is -0.151. The number of benzene rings is 1. The van der Waals surface area contributed by atoms with Gasteiger partial charge in [-0.3, -0.25) is 9.59 Å². The Balaban J connectivity index is 1.81. The van der Waals surface area contributed by atoms with Gasteiger partial charge in [-0.05, 0) is 44.2 Å². The largest absolute Gasteiger partial charge is 0.481 e. The maximum atomic E-state index is 13.0. The van der Waals surface area contributed by atoms with Crippen LogP contribution in [0.2, 0.25) is 0 Å². The molecule has 0 saturated carbocycles. The van der Waals surface area contributed by atoms with Gasteiger partial charge >= 0.3 is 5.97 Å². The molecule has 3 rings (SSSR count). The van der Waals surface area contributed by atoms with Gasteiger partial charge < -0.3 is 10.0 Å². The molecule has 0 fully saturated rings. The van der Waals surface area contributed by atoms with Crippen molar-refractivity contribution in [3.63, 3.8) is 0 Å². The molecule has 1 N–H and O–H groups in total. The Kier molecular flexibility index (Phi) is 4.24. The number of fused-ring (bicyclic) bond motifs is 1. The second-order valence-electron chi connectivity index (χ2n) is 6.80. The third kappa shape index (κ3) is 3.03. The number of aliphatic carboxylic acids is 1. The van der Waals surface area contributed by atoms with Crippen molar-refractivity contribution in [2.24, 2.45) is 11.8 Å². The molecule has 0 aromatic heterocycles. The molecule has 23 heavy (non-hydrogen) atoms. The zero-order valence-electron chi connectivity index (χ0n) is 13.7. The highest BCUT2D eigenvalue weighted by Gasteiger charge is 2.39. The maximum Gasteiger partial charge on any atom is 0.307 e. The zero-order chi connectivity index (χ0) is 16.6. The SMILES string of the molecule is CC1=C(C)C[C@@H](C(=O)N2CCc3ccccc3C2)[C@@H](C(=O)O)C1. The van der Waals surface area contributed by atoms with Crippen LogP contribution < -0.4 is 0 Å². The average Bonchev–Trinajstić information content (AvgIpc) is 2.55. The molecule has 4 heteroatoms. The number of carbonyl (C=O) groups excluding carboxylic acids is 1. The molecule has 1 aliphatic heterocycles. The molecule has 2 aliphatic rings. The van der Waals surface area contributed by atoms with Crippen LogP contribution in [0.5, 0.6) is 0 Å². The first-order valence-corrected chi connectivity index (χ1v) is 8.21. The molecule has 1 heterocycles. The van der Waals surface area contributed by atoms with Crippen LogP contribution in [-0.4, -0.2) is 28.4 Å². The molecule has 2 atom stereocenters. The van der Waals surface area contributed by atoms with E-state index in [4.69, 9.17) is 0 Å². The van der Waals surface area contributed by atoms with Gasteiger partial charge in [-0.25, -0.2) is 0 Å². The standard InChI is InChI=1S/C19H23NO3/c1-12-9-16(17(19(22)23)10-13(12)2)18(21)20-8-7-14-5-3-4-6-15(14)11-20/h3-6,16-17H,7-11H2,1-2H3,(H,22,23)/t16-,17+/m1/s1. The summed E-state index contributed by atoms with van der Waals surface area (Å²) in [5, 5.41) is 9.52. The van der Waals surface area contributed by atoms with E-state index >= 15 is 0 Å². The molecule has 0 radical (unpaired) electrons. The fourth-order valence-electron chi connectivity index (χ4n) is 3.73. The topological polar surface area (TPSA) is 57.6 Å². The van der Waals surface area contributed by atoms with Crippen molar-refractivity contribution >= 4 is 11.9 Å². The highest BCUT2D eigenvalue weighted by molar-refractivity contribution is 5.86. The molecule has 1 aliphatic carbocycles. The predicted octanol–water partition coefficient (Wildman–Crippen LogP) is 3.02. The summed E-state index contributed by atoms with van der Waals surface area (Å²) in [7, 11) is 0. The summed E-state index contributed by atoms with van der Waals surface area (Å²) >= 11 is 0. The number of allylic oxidation sites excluding steroid dienone is 2. The molecule has 1 aromatic carbocycles. The van der Waals surface area contributed by atoms with E-state index < -0.39 is 17.8 Å². The molecule has 0 saturated heterocycles. The van der Waals surface area contributed by atoms with Gasteiger partial charge in [0.25, 0.3) is 0 Å². The lowest BCUT2D eigenvalue weighted by atomic mass is 9.75. The second kappa shape index (κ2) is 6.19. The Morgan fingerprint density at radius 3 is 2.30 bits per heavy atom. The lowest BCUT2D eigenvalue weighted by Gasteiger charge is -2.36. The van der Waals surface area contributed by atoms with E-state index in [0.29, 0.717) is 25.9 Å². The second-order valence-corrected chi connectivity index (χ2v) is 6.80. The zero-order valence-corrected chi connectivity index (χ0v) is 13.7. The minimum Gasteiger partial charge on any atom is -0.481 e. The Hall–Kier alpha value is -2.10. The molecule has 1 aromatic rings. The van der Waals surface area contributed by atoms with E-state index in [9.17, 15) is 14.7 Å². The summed E-state index contributed by atoms with van der Waals surface area (Å²) in [5.41, 5.74) is 4.75. The van der Waals surface area contributed by atoms with Crippen molar-refractivity contribution < 1.29 is 14.7 Å². The van der Waals surface area contributed by atoms with E-state index in [-0.39, 0.29) is 5.91 Å². The minimum absolute atomic E-state index is 0.00115. The van der Waals surface area contributed by atoms with Gasteiger partial charge in [-0.15, -0.1) is 0 Å². The fraction of sp³-hybridized carbons (Fsp3) is 0.474. The molecular weight excluding hydrogens is 290 g/mol. The molecular formula is C19H23NO3. The summed E-state index contributed by atoms with van der Waals surface area (Å²) in [6, 6.07) is 8.17. The number of rotatable bonds is 2. The van der Waals surface area contributed by atoms with E-state index in [0.717, 1.165) is 12.0 Å². The fourth-order valence-corrected chi connectivity index (χ4v) is 3.73. The van der Waals surface area contributed by atoms with Crippen molar-refractivity contribution in [1.82, 2.24) is 4.90 Å². The number of carboxylic acid groups (broad SMARTS) is 1. The first kappa shape index (κ1) is 15.8. The molecule has 0 spiro atoms. The quantitative estimate of drug-likeness (QED) is 0.854. The Labute approximate surface area is 136 Å². The highest BCUT2D eigenvalue weighted by Crippen LogP contribution is 2.36. The average molecular weight is 313 g/mol. The summed E-state index contributed by atoms with van der Waals surface area (Å²) < 4.78 is 0. The summed E-state index contributed by atoms with van der Waals surface area (Å²) in [6.07, 6.45) is 1.90. The predicted molar refractivity (Wildman–Crippen MR) is 87.8 cm³/mol. The number of hydrogen-bond acceptors (Lipinski definition) is 2. The number of carbonyl (C=O) groups is 2. The van der Waals surface area contributed by atoms with Gasteiger partial charge in [0.2, 0.25) is 5.91 Å². The van der Waals surface area contributed by atoms with E-state index in [1.165, 1.54) is 16.7 Å². The van der Waals surface area contributed by atoms with Gasteiger partial charge in [0, 0.05) is 13.1 Å². The molecule has 0 unspecified atom stereocenters. The smallest absolute Gasteiger partial charge is 0.307 e. The summed E-state index contributed by atoms with van der Waals surface area (Å²) in [6.45, 7) is 5.27. The normalized spacial score (nSPS) is 24.3. The van der Waals surface area contributed by atoms with Gasteiger partial charge in [0.05, 0.1) is 11.8 Å². The van der Waals surface area contributed by atoms with Crippen molar-refractivity contribution in [3.05, 3.63) is 46.5 Å². The Morgan fingerprint density at radius 2 is 1.65 bits per heavy atom. The summed E-state index contributed by atoms with van der Waals surface area (Å²) in [4.78, 5) is 26.4. The van der Waals surface area contributed by atoms with Gasteiger partial charge in [0.1, 0.15) is 0 Å². The molecule has 4 nitrogen and oxygen atoms in total. The third-order valence-corrected chi connectivity index (χ3v) is 5.34. The molecule has 0 bridgehead atoms. The minimum atomic E-state index is -0.854. The Bertz CT molecular complexity index is 677. The first-order chi connectivity index (χ1) is 11.0. The van der Waals surface area contributed by atoms with Crippen LogP contribution in [0.1, 0.15) is 37.8 Å². The van der Waals surface area contributed by atoms with Crippen LogP contribution in [0.4, 0.5) is 0 Å². The van der Waals surface area contributed by atoms with Crippen LogP contribution >= 0.6 is 0 Å².